The molecule has 0 saturated heterocycles. The Balaban J connectivity index is 1.61. The summed E-state index contributed by atoms with van der Waals surface area (Å²) in [4.78, 5) is 28.8. The molecule has 4 rings (SSSR count). The number of ether oxygens (including phenoxy) is 1. The summed E-state index contributed by atoms with van der Waals surface area (Å²) in [6.45, 7) is 4.39. The second-order valence-electron chi connectivity index (χ2n) is 7.75. The Hall–Kier alpha value is -3.20. The van der Waals surface area contributed by atoms with Crippen LogP contribution < -0.4 is 0 Å². The molecule has 1 amide bonds. The van der Waals surface area contributed by atoms with Crippen LogP contribution in [0.2, 0.25) is 0 Å². The highest BCUT2D eigenvalue weighted by molar-refractivity contribution is 8.14. The summed E-state index contributed by atoms with van der Waals surface area (Å²) in [6.07, 6.45) is 0.720. The number of thioether (sulfide) groups is 1. The first-order chi connectivity index (χ1) is 15.9. The molecule has 0 N–H and O–H groups in total. The summed E-state index contributed by atoms with van der Waals surface area (Å²) >= 11 is 1.21. The normalized spacial score (nSPS) is 16.2. The molecule has 0 radical (unpaired) electrons. The lowest BCUT2D eigenvalue weighted by Gasteiger charge is -2.27. The van der Waals surface area contributed by atoms with E-state index in [1.165, 1.54) is 28.9 Å². The number of hydrazone groups is 1. The van der Waals surface area contributed by atoms with Crippen molar-refractivity contribution in [1.82, 2.24) is 14.6 Å². The predicted octanol–water partition coefficient (Wildman–Crippen LogP) is 4.98. The van der Waals surface area contributed by atoms with Gasteiger partial charge in [0.1, 0.15) is 11.6 Å². The lowest BCUT2D eigenvalue weighted by Crippen LogP contribution is -2.34. The van der Waals surface area contributed by atoms with Gasteiger partial charge in [-0.2, -0.15) is 5.10 Å². The number of halogens is 1. The lowest BCUT2D eigenvalue weighted by molar-refractivity contribution is -0.143. The Morgan fingerprint density at radius 2 is 2.03 bits per heavy atom. The summed E-state index contributed by atoms with van der Waals surface area (Å²) in [6, 6.07) is 12.2. The molecule has 3 aromatic rings. The molecule has 2 aromatic carbocycles. The maximum atomic E-state index is 13.7. The molecule has 2 heterocycles. The van der Waals surface area contributed by atoms with Gasteiger partial charge in [0.2, 0.25) is 0 Å². The summed E-state index contributed by atoms with van der Waals surface area (Å²) in [5.74, 6) is 0.0858. The molecule has 0 spiro atoms. The van der Waals surface area contributed by atoms with Crippen LogP contribution in [0.3, 0.4) is 0 Å². The van der Waals surface area contributed by atoms with E-state index in [9.17, 15) is 14.0 Å². The van der Waals surface area contributed by atoms with E-state index in [4.69, 9.17) is 9.72 Å². The first kappa shape index (κ1) is 23.0. The van der Waals surface area contributed by atoms with Crippen LogP contribution in [-0.2, 0) is 16.6 Å². The summed E-state index contributed by atoms with van der Waals surface area (Å²) in [7, 11) is 1.90. The first-order valence-electron chi connectivity index (χ1n) is 10.8. The molecule has 172 valence electrons. The number of carbonyl (C=O) groups is 2. The summed E-state index contributed by atoms with van der Waals surface area (Å²) < 4.78 is 20.6. The van der Waals surface area contributed by atoms with Crippen molar-refractivity contribution >= 4 is 39.7 Å². The van der Waals surface area contributed by atoms with Gasteiger partial charge in [0.05, 0.1) is 28.6 Å². The average molecular weight is 469 g/mol. The van der Waals surface area contributed by atoms with E-state index in [1.807, 2.05) is 42.8 Å². The Labute approximate surface area is 195 Å². The number of amides is 1. The fourth-order valence-corrected chi connectivity index (χ4v) is 4.66. The molecule has 0 saturated carbocycles. The van der Waals surface area contributed by atoms with E-state index < -0.39 is 0 Å². The zero-order valence-corrected chi connectivity index (χ0v) is 19.6. The number of carbonyl (C=O) groups excluding carboxylic acids is 2. The molecule has 1 unspecified atom stereocenters. The molecule has 9 heteroatoms. The second-order valence-corrected chi connectivity index (χ2v) is 9.04. The Bertz CT molecular complexity index is 1240. The molecule has 1 atom stereocenters. The number of hydrogen-bond acceptors (Lipinski definition) is 6. The molecule has 1 aliphatic rings. The fourth-order valence-electron chi connectivity index (χ4n) is 3.81. The molecule has 33 heavy (non-hydrogen) atoms. The largest absolute Gasteiger partial charge is 0.466 e. The zero-order chi connectivity index (χ0) is 23.5. The van der Waals surface area contributed by atoms with Gasteiger partial charge in [-0.15, -0.1) is 0 Å². The highest BCUT2D eigenvalue weighted by Gasteiger charge is 2.28. The van der Waals surface area contributed by atoms with Crippen molar-refractivity contribution in [3.63, 3.8) is 0 Å². The van der Waals surface area contributed by atoms with Gasteiger partial charge in [-0.05, 0) is 44.5 Å². The Morgan fingerprint density at radius 1 is 1.21 bits per heavy atom. The van der Waals surface area contributed by atoms with Crippen molar-refractivity contribution < 1.29 is 18.7 Å². The average Bonchev–Trinajstić information content (AvgIpc) is 3.11. The van der Waals surface area contributed by atoms with E-state index in [-0.39, 0.29) is 28.7 Å². The maximum Gasteiger partial charge on any atom is 0.305 e. The highest BCUT2D eigenvalue weighted by Crippen LogP contribution is 2.29. The fraction of sp³-hybridized carbons (Fsp3) is 0.333. The van der Waals surface area contributed by atoms with Crippen LogP contribution in [0.4, 0.5) is 9.18 Å². The van der Waals surface area contributed by atoms with Gasteiger partial charge in [-0.1, -0.05) is 30.0 Å². The van der Waals surface area contributed by atoms with Crippen LogP contribution in [0.5, 0.6) is 0 Å². The van der Waals surface area contributed by atoms with Crippen molar-refractivity contribution in [2.24, 2.45) is 12.1 Å². The van der Waals surface area contributed by atoms with Gasteiger partial charge < -0.3 is 9.30 Å². The van der Waals surface area contributed by atoms with Crippen molar-refractivity contribution in [2.45, 2.75) is 31.9 Å². The minimum Gasteiger partial charge on any atom is -0.466 e. The van der Waals surface area contributed by atoms with Gasteiger partial charge in [-0.25, -0.2) is 14.4 Å². The quantitative estimate of drug-likeness (QED) is 0.457. The van der Waals surface area contributed by atoms with E-state index in [0.717, 1.165) is 22.3 Å². The molecule has 0 fully saturated rings. The Kier molecular flexibility index (Phi) is 6.78. The van der Waals surface area contributed by atoms with Crippen LogP contribution in [0.25, 0.3) is 22.4 Å². The summed E-state index contributed by atoms with van der Waals surface area (Å²) in [5.41, 5.74) is 4.02. The van der Waals surface area contributed by atoms with Crippen LogP contribution in [0.15, 0.2) is 47.6 Å². The third kappa shape index (κ3) is 4.93. The number of imidazole rings is 1. The van der Waals surface area contributed by atoms with Crippen molar-refractivity contribution in [1.29, 1.82) is 0 Å². The molecule has 0 aliphatic carbocycles. The van der Waals surface area contributed by atoms with Gasteiger partial charge in [0, 0.05) is 31.1 Å². The maximum absolute atomic E-state index is 13.7. The molecule has 0 bridgehead atoms. The SMILES string of the molecule is CCOC(=O)CCCN1N=C(c2ccc3c(c2)nc(-c2cccc(F)c2)n3C)C(C)SC1=O. The standard InChI is InChI=1S/C24H25FN4O3S/c1-4-32-21(30)9-6-12-29-24(31)33-15(2)22(27-29)16-10-11-20-19(14-16)26-23(28(20)3)17-7-5-8-18(25)13-17/h5,7-8,10-11,13-15H,4,6,9,12H2,1-3H3. The van der Waals surface area contributed by atoms with E-state index in [2.05, 4.69) is 5.10 Å². The third-order valence-electron chi connectivity index (χ3n) is 5.42. The molecule has 7 nitrogen and oxygen atoms in total. The van der Waals surface area contributed by atoms with Gasteiger partial charge in [-0.3, -0.25) is 9.59 Å². The Morgan fingerprint density at radius 3 is 2.79 bits per heavy atom. The smallest absolute Gasteiger partial charge is 0.305 e. The lowest BCUT2D eigenvalue weighted by atomic mass is 10.1. The van der Waals surface area contributed by atoms with Crippen molar-refractivity contribution in [3.8, 4) is 11.4 Å². The van der Waals surface area contributed by atoms with E-state index >= 15 is 0 Å². The number of benzene rings is 2. The first-order valence-corrected chi connectivity index (χ1v) is 11.7. The number of rotatable bonds is 7. The minimum atomic E-state index is -0.310. The van der Waals surface area contributed by atoms with Crippen LogP contribution in [-0.4, -0.2) is 49.9 Å². The predicted molar refractivity (Wildman–Crippen MR) is 128 cm³/mol. The number of aryl methyl sites for hydroxylation is 1. The van der Waals surface area contributed by atoms with Gasteiger partial charge in [0.15, 0.2) is 0 Å². The number of hydrogen-bond donors (Lipinski definition) is 0. The number of nitrogens with zero attached hydrogens (tertiary/aromatic N) is 4. The molecule has 1 aliphatic heterocycles. The van der Waals surface area contributed by atoms with Gasteiger partial charge in [0.25, 0.3) is 0 Å². The van der Waals surface area contributed by atoms with Crippen LogP contribution >= 0.6 is 11.8 Å². The topological polar surface area (TPSA) is 76.8 Å². The van der Waals surface area contributed by atoms with Crippen molar-refractivity contribution in [3.05, 3.63) is 53.8 Å². The van der Waals surface area contributed by atoms with Gasteiger partial charge >= 0.3 is 11.2 Å². The number of fused-ring (bicyclic) bond motifs is 1. The van der Waals surface area contributed by atoms with E-state index in [1.54, 1.807) is 13.0 Å². The number of aromatic nitrogens is 2. The molecule has 1 aromatic heterocycles. The zero-order valence-electron chi connectivity index (χ0n) is 18.7. The third-order valence-corrected chi connectivity index (χ3v) is 6.41. The second kappa shape index (κ2) is 9.74. The van der Waals surface area contributed by atoms with Crippen LogP contribution in [0.1, 0.15) is 32.3 Å². The summed E-state index contributed by atoms with van der Waals surface area (Å²) in [5, 5.41) is 5.76. The highest BCUT2D eigenvalue weighted by atomic mass is 32.2. The monoisotopic (exact) mass is 468 g/mol. The minimum absolute atomic E-state index is 0.123. The van der Waals surface area contributed by atoms with Crippen molar-refractivity contribution in [2.75, 3.05) is 13.2 Å². The molecular formula is C24H25FN4O3S. The number of esters is 1. The van der Waals surface area contributed by atoms with E-state index in [0.29, 0.717) is 31.0 Å². The molecular weight excluding hydrogens is 443 g/mol. The van der Waals surface area contributed by atoms with Crippen LogP contribution in [0, 0.1) is 5.82 Å².